The molecule has 2 aliphatic carbocycles. The van der Waals surface area contributed by atoms with Crippen LogP contribution in [0.4, 0.5) is 5.69 Å². The summed E-state index contributed by atoms with van der Waals surface area (Å²) in [5.41, 5.74) is 1.01. The van der Waals surface area contributed by atoms with E-state index in [0.29, 0.717) is 12.6 Å². The minimum absolute atomic E-state index is 0.114. The maximum atomic E-state index is 12.4. The number of amides is 1. The molecular formula is C21H24N2OS. The summed E-state index contributed by atoms with van der Waals surface area (Å²) in [6, 6.07) is 18.9. The van der Waals surface area contributed by atoms with Crippen LogP contribution in [0.2, 0.25) is 0 Å². The topological polar surface area (TPSA) is 41.1 Å². The number of rotatable bonds is 8. The second kappa shape index (κ2) is 7.52. The van der Waals surface area contributed by atoms with Crippen molar-refractivity contribution in [3.63, 3.8) is 0 Å². The van der Waals surface area contributed by atoms with Gasteiger partial charge in [-0.05, 0) is 61.8 Å². The molecule has 0 bridgehead atoms. The molecule has 2 N–H and O–H groups in total. The lowest BCUT2D eigenvalue weighted by Gasteiger charge is -2.18. The molecule has 0 saturated heterocycles. The molecular weight excluding hydrogens is 328 g/mol. The number of carbonyl (C=O) groups is 1. The summed E-state index contributed by atoms with van der Waals surface area (Å²) in [7, 11) is 0. The lowest BCUT2D eigenvalue weighted by atomic mass is 10.1. The van der Waals surface area contributed by atoms with Crippen LogP contribution in [0.25, 0.3) is 0 Å². The van der Waals surface area contributed by atoms with Crippen LogP contribution in [0, 0.1) is 11.8 Å². The molecule has 2 aromatic carbocycles. The zero-order valence-corrected chi connectivity index (χ0v) is 15.1. The van der Waals surface area contributed by atoms with Gasteiger partial charge in [0, 0.05) is 21.5 Å². The summed E-state index contributed by atoms with van der Waals surface area (Å²) in [5.74, 6) is 1.58. The summed E-state index contributed by atoms with van der Waals surface area (Å²) in [4.78, 5) is 14.7. The second-order valence-corrected chi connectivity index (χ2v) is 8.15. The van der Waals surface area contributed by atoms with Gasteiger partial charge in [0.2, 0.25) is 5.91 Å². The third-order valence-electron chi connectivity index (χ3n) is 4.88. The van der Waals surface area contributed by atoms with Crippen LogP contribution in [0.15, 0.2) is 64.4 Å². The molecule has 3 nitrogen and oxygen atoms in total. The van der Waals surface area contributed by atoms with Crippen LogP contribution in [0.5, 0.6) is 0 Å². The van der Waals surface area contributed by atoms with E-state index in [0.717, 1.165) is 22.4 Å². The zero-order valence-electron chi connectivity index (χ0n) is 14.3. The van der Waals surface area contributed by atoms with Gasteiger partial charge in [-0.15, -0.1) is 0 Å². The van der Waals surface area contributed by atoms with Gasteiger partial charge in [-0.1, -0.05) is 42.1 Å². The smallest absolute Gasteiger partial charge is 0.239 e. The van der Waals surface area contributed by atoms with Crippen molar-refractivity contribution in [1.29, 1.82) is 0 Å². The molecule has 0 atom stereocenters. The maximum Gasteiger partial charge on any atom is 0.239 e. The summed E-state index contributed by atoms with van der Waals surface area (Å²) in [6.07, 6.45) is 5.13. The summed E-state index contributed by atoms with van der Waals surface area (Å²) < 4.78 is 0. The van der Waals surface area contributed by atoms with E-state index in [1.165, 1.54) is 30.6 Å². The van der Waals surface area contributed by atoms with Gasteiger partial charge < -0.3 is 10.6 Å². The van der Waals surface area contributed by atoms with Crippen molar-refractivity contribution in [2.75, 3.05) is 11.9 Å². The lowest BCUT2D eigenvalue weighted by Crippen LogP contribution is -2.41. The number of hydrogen-bond donors (Lipinski definition) is 2. The molecule has 130 valence electrons. The fourth-order valence-electron chi connectivity index (χ4n) is 3.26. The Labute approximate surface area is 153 Å². The van der Waals surface area contributed by atoms with Crippen molar-refractivity contribution in [3.05, 3.63) is 54.6 Å². The van der Waals surface area contributed by atoms with Gasteiger partial charge in [0.25, 0.3) is 0 Å². The minimum Gasteiger partial charge on any atom is -0.375 e. The molecule has 0 unspecified atom stereocenters. The predicted molar refractivity (Wildman–Crippen MR) is 103 cm³/mol. The van der Waals surface area contributed by atoms with Crippen LogP contribution >= 0.6 is 11.8 Å². The van der Waals surface area contributed by atoms with Crippen LogP contribution in [-0.2, 0) is 4.79 Å². The monoisotopic (exact) mass is 352 g/mol. The predicted octanol–water partition coefficient (Wildman–Crippen LogP) is 4.55. The quantitative estimate of drug-likeness (QED) is 0.732. The molecule has 25 heavy (non-hydrogen) atoms. The normalized spacial score (nSPS) is 16.7. The van der Waals surface area contributed by atoms with Crippen LogP contribution in [-0.4, -0.2) is 18.5 Å². The first-order valence-corrected chi connectivity index (χ1v) is 9.96. The molecule has 0 aliphatic heterocycles. The largest absolute Gasteiger partial charge is 0.375 e. The van der Waals surface area contributed by atoms with Crippen molar-refractivity contribution < 1.29 is 4.79 Å². The molecule has 2 aliphatic rings. The molecule has 0 spiro atoms. The van der Waals surface area contributed by atoms with Gasteiger partial charge in [-0.25, -0.2) is 0 Å². The number of hydrogen-bond acceptors (Lipinski definition) is 3. The Morgan fingerprint density at radius 1 is 0.960 bits per heavy atom. The van der Waals surface area contributed by atoms with Gasteiger partial charge in [0.15, 0.2) is 0 Å². The van der Waals surface area contributed by atoms with Crippen LogP contribution in [0.3, 0.4) is 0 Å². The first kappa shape index (κ1) is 16.5. The van der Waals surface area contributed by atoms with Gasteiger partial charge in [0.1, 0.15) is 0 Å². The number of anilines is 1. The summed E-state index contributed by atoms with van der Waals surface area (Å²) in [5, 5.41) is 6.60. The Bertz CT molecular complexity index is 714. The standard InChI is InChI=1S/C21H24N2OS/c24-20(23-21(15-10-11-15)16-12-13-16)14-22-18-8-4-5-9-19(18)25-17-6-2-1-3-7-17/h1-9,15-16,21-22H,10-14H2,(H,23,24). The van der Waals surface area contributed by atoms with Crippen LogP contribution < -0.4 is 10.6 Å². The van der Waals surface area contributed by atoms with Crippen LogP contribution in [0.1, 0.15) is 25.7 Å². The van der Waals surface area contributed by atoms with E-state index in [1.54, 1.807) is 11.8 Å². The van der Waals surface area contributed by atoms with E-state index in [1.807, 2.05) is 36.4 Å². The second-order valence-electron chi connectivity index (χ2n) is 7.03. The molecule has 4 heteroatoms. The van der Waals surface area contributed by atoms with Crippen molar-refractivity contribution in [2.24, 2.45) is 11.8 Å². The first-order valence-electron chi connectivity index (χ1n) is 9.15. The third kappa shape index (κ3) is 4.57. The highest BCUT2D eigenvalue weighted by atomic mass is 32.2. The SMILES string of the molecule is O=C(CNc1ccccc1Sc1ccccc1)NC(C1CC1)C1CC1. The van der Waals surface area contributed by atoms with E-state index in [4.69, 9.17) is 0 Å². The number of nitrogens with one attached hydrogen (secondary N) is 2. The molecule has 0 aromatic heterocycles. The van der Waals surface area contributed by atoms with E-state index >= 15 is 0 Å². The fourth-order valence-corrected chi connectivity index (χ4v) is 4.20. The average Bonchev–Trinajstić information content (AvgIpc) is 3.54. The van der Waals surface area contributed by atoms with Crippen molar-refractivity contribution in [1.82, 2.24) is 5.32 Å². The lowest BCUT2D eigenvalue weighted by molar-refractivity contribution is -0.120. The average molecular weight is 353 g/mol. The molecule has 0 radical (unpaired) electrons. The highest BCUT2D eigenvalue weighted by Crippen LogP contribution is 2.44. The van der Waals surface area contributed by atoms with E-state index < -0.39 is 0 Å². The molecule has 0 heterocycles. The zero-order chi connectivity index (χ0) is 17.1. The highest BCUT2D eigenvalue weighted by Gasteiger charge is 2.42. The Morgan fingerprint density at radius 3 is 2.28 bits per heavy atom. The van der Waals surface area contributed by atoms with E-state index in [2.05, 4.69) is 28.8 Å². The minimum atomic E-state index is 0.114. The fraction of sp³-hybridized carbons (Fsp3) is 0.381. The number of benzene rings is 2. The van der Waals surface area contributed by atoms with E-state index in [-0.39, 0.29) is 5.91 Å². The highest BCUT2D eigenvalue weighted by molar-refractivity contribution is 7.99. The Kier molecular flexibility index (Phi) is 4.97. The van der Waals surface area contributed by atoms with Gasteiger partial charge in [-0.3, -0.25) is 4.79 Å². The van der Waals surface area contributed by atoms with Crippen molar-refractivity contribution >= 4 is 23.4 Å². The molecule has 1 amide bonds. The maximum absolute atomic E-state index is 12.4. The van der Waals surface area contributed by atoms with Gasteiger partial charge in [0.05, 0.1) is 6.54 Å². The Morgan fingerprint density at radius 2 is 1.60 bits per heavy atom. The summed E-state index contributed by atoms with van der Waals surface area (Å²) in [6.45, 7) is 0.336. The van der Waals surface area contributed by atoms with Gasteiger partial charge >= 0.3 is 0 Å². The van der Waals surface area contributed by atoms with Gasteiger partial charge in [-0.2, -0.15) is 0 Å². The molecule has 2 saturated carbocycles. The van der Waals surface area contributed by atoms with E-state index in [9.17, 15) is 4.79 Å². The Balaban J connectivity index is 1.35. The molecule has 4 rings (SSSR count). The molecule has 2 fully saturated rings. The first-order chi connectivity index (χ1) is 12.3. The Hall–Kier alpha value is -1.94. The molecule has 2 aromatic rings. The summed E-state index contributed by atoms with van der Waals surface area (Å²) >= 11 is 1.72. The third-order valence-corrected chi connectivity index (χ3v) is 5.97. The number of carbonyl (C=O) groups excluding carboxylic acids is 1. The number of para-hydroxylation sites is 1. The van der Waals surface area contributed by atoms with Crippen molar-refractivity contribution in [2.45, 2.75) is 41.5 Å². The van der Waals surface area contributed by atoms with Crippen molar-refractivity contribution in [3.8, 4) is 0 Å².